The molecular weight excluding hydrogens is 618 g/mol. The minimum Gasteiger partial charge on any atom is -0.465 e. The van der Waals surface area contributed by atoms with Crippen molar-refractivity contribution >= 4 is 11.9 Å². The Labute approximate surface area is 312 Å². The highest BCUT2D eigenvalue weighted by Crippen LogP contribution is 2.21. The van der Waals surface area contributed by atoms with E-state index in [1.54, 1.807) is 0 Å². The van der Waals surface area contributed by atoms with Crippen LogP contribution in [0.3, 0.4) is 0 Å². The SMILES string of the molecule is CCCC/C=C\C/C=C\CCCCCCCCN(CCCCCCCCOC(=O)C(CCCCCC)CCCCCCCC)OC(=O)CCC. The van der Waals surface area contributed by atoms with Gasteiger partial charge in [0.15, 0.2) is 0 Å². The molecule has 0 radical (unpaired) electrons. The standard InChI is InChI=1S/C45H85NO4/c1-5-9-12-15-17-18-19-20-21-22-23-24-25-29-34-40-46(50-44(47)37-8-4)41-35-30-26-27-31-36-42-49-45(48)43(38-32-14-11-7-3)39-33-28-16-13-10-6-2/h15,17,19-20,43H,5-14,16,18,21-42H2,1-4H3/b17-15-,20-19-. The van der Waals surface area contributed by atoms with Crippen LogP contribution >= 0.6 is 0 Å². The molecule has 0 aromatic carbocycles. The summed E-state index contributed by atoms with van der Waals surface area (Å²) < 4.78 is 5.78. The molecule has 0 rings (SSSR count). The molecule has 0 saturated carbocycles. The van der Waals surface area contributed by atoms with Crippen molar-refractivity contribution in [1.29, 1.82) is 0 Å². The first-order chi connectivity index (χ1) is 24.6. The first-order valence-electron chi connectivity index (χ1n) is 22.0. The number of unbranched alkanes of at least 4 members (excludes halogenated alkanes) is 21. The van der Waals surface area contributed by atoms with Crippen molar-refractivity contribution in [3.63, 3.8) is 0 Å². The molecule has 0 aromatic heterocycles. The molecule has 0 aliphatic rings. The topological polar surface area (TPSA) is 55.8 Å². The molecule has 0 aliphatic heterocycles. The van der Waals surface area contributed by atoms with E-state index in [0.29, 0.717) is 13.0 Å². The lowest BCUT2D eigenvalue weighted by molar-refractivity contribution is -0.191. The number of carbonyl (C=O) groups excluding carboxylic acids is 2. The van der Waals surface area contributed by atoms with E-state index in [1.807, 2.05) is 12.0 Å². The fourth-order valence-electron chi connectivity index (χ4n) is 6.44. The van der Waals surface area contributed by atoms with Crippen LogP contribution in [0, 0.1) is 5.92 Å². The zero-order valence-electron chi connectivity index (χ0n) is 34.0. The van der Waals surface area contributed by atoms with Crippen molar-refractivity contribution in [1.82, 2.24) is 5.06 Å². The molecule has 0 aromatic rings. The fourth-order valence-corrected chi connectivity index (χ4v) is 6.44. The van der Waals surface area contributed by atoms with Gasteiger partial charge in [0.25, 0.3) is 0 Å². The highest BCUT2D eigenvalue weighted by Gasteiger charge is 2.19. The molecule has 1 unspecified atom stereocenters. The van der Waals surface area contributed by atoms with Crippen LogP contribution in [0.25, 0.3) is 0 Å². The molecule has 50 heavy (non-hydrogen) atoms. The average molecular weight is 704 g/mol. The number of ether oxygens (including phenoxy) is 1. The van der Waals surface area contributed by atoms with Gasteiger partial charge in [-0.25, -0.2) is 0 Å². The molecule has 0 amide bonds. The maximum atomic E-state index is 12.9. The van der Waals surface area contributed by atoms with Crippen LogP contribution in [0.1, 0.15) is 227 Å². The summed E-state index contributed by atoms with van der Waals surface area (Å²) in [6.07, 6.45) is 45.1. The zero-order valence-corrected chi connectivity index (χ0v) is 34.0. The van der Waals surface area contributed by atoms with Crippen LogP contribution in [-0.2, 0) is 19.2 Å². The Balaban J connectivity index is 4.11. The van der Waals surface area contributed by atoms with Gasteiger partial charge < -0.3 is 9.57 Å². The minimum absolute atomic E-state index is 0.0531. The lowest BCUT2D eigenvalue weighted by Gasteiger charge is -2.21. The Kier molecular flexibility index (Phi) is 38.9. The second kappa shape index (κ2) is 40.2. The molecule has 0 saturated heterocycles. The van der Waals surface area contributed by atoms with E-state index in [4.69, 9.17) is 9.57 Å². The normalized spacial score (nSPS) is 12.4. The third-order valence-corrected chi connectivity index (χ3v) is 9.73. The van der Waals surface area contributed by atoms with Gasteiger partial charge in [0.1, 0.15) is 0 Å². The lowest BCUT2D eigenvalue weighted by atomic mass is 9.94. The van der Waals surface area contributed by atoms with E-state index in [-0.39, 0.29) is 17.9 Å². The van der Waals surface area contributed by atoms with Crippen LogP contribution in [0.5, 0.6) is 0 Å². The quantitative estimate of drug-likeness (QED) is 0.0276. The van der Waals surface area contributed by atoms with Gasteiger partial charge in [0.05, 0.1) is 12.5 Å². The van der Waals surface area contributed by atoms with Crippen LogP contribution in [-0.4, -0.2) is 36.7 Å². The molecular formula is C45H85NO4. The summed E-state index contributed by atoms with van der Waals surface area (Å²) in [5.41, 5.74) is 0. The Morgan fingerprint density at radius 3 is 1.52 bits per heavy atom. The van der Waals surface area contributed by atoms with Gasteiger partial charge in [-0.2, -0.15) is 0 Å². The van der Waals surface area contributed by atoms with E-state index in [9.17, 15) is 9.59 Å². The Bertz CT molecular complexity index is 779. The molecule has 0 fully saturated rings. The summed E-state index contributed by atoms with van der Waals surface area (Å²) in [6.45, 7) is 11.0. The third-order valence-electron chi connectivity index (χ3n) is 9.73. The number of carbonyl (C=O) groups is 2. The summed E-state index contributed by atoms with van der Waals surface area (Å²) in [7, 11) is 0. The first-order valence-corrected chi connectivity index (χ1v) is 22.0. The van der Waals surface area contributed by atoms with E-state index in [0.717, 1.165) is 90.1 Å². The van der Waals surface area contributed by atoms with Crippen molar-refractivity contribution in [3.8, 4) is 0 Å². The van der Waals surface area contributed by atoms with Gasteiger partial charge in [0, 0.05) is 19.5 Å². The maximum absolute atomic E-state index is 12.9. The minimum atomic E-state index is -0.0956. The fraction of sp³-hybridized carbons (Fsp3) is 0.867. The number of hydroxylamine groups is 2. The van der Waals surface area contributed by atoms with Crippen LogP contribution in [0.4, 0.5) is 0 Å². The van der Waals surface area contributed by atoms with Gasteiger partial charge in [-0.3, -0.25) is 9.59 Å². The summed E-state index contributed by atoms with van der Waals surface area (Å²) in [5, 5.41) is 1.93. The van der Waals surface area contributed by atoms with E-state index in [1.165, 1.54) is 116 Å². The van der Waals surface area contributed by atoms with Crippen molar-refractivity contribution in [2.45, 2.75) is 227 Å². The average Bonchev–Trinajstić information content (AvgIpc) is 3.11. The van der Waals surface area contributed by atoms with Gasteiger partial charge >= 0.3 is 11.9 Å². The monoisotopic (exact) mass is 704 g/mol. The number of nitrogens with zero attached hydrogens (tertiary/aromatic N) is 1. The zero-order chi connectivity index (χ0) is 36.6. The number of hydrogen-bond acceptors (Lipinski definition) is 5. The Hall–Kier alpha value is -1.62. The van der Waals surface area contributed by atoms with Gasteiger partial charge in [-0.15, -0.1) is 5.06 Å². The van der Waals surface area contributed by atoms with Crippen molar-refractivity contribution in [3.05, 3.63) is 24.3 Å². The third kappa shape index (κ3) is 34.8. The van der Waals surface area contributed by atoms with E-state index in [2.05, 4.69) is 45.1 Å². The van der Waals surface area contributed by atoms with Gasteiger partial charge in [-0.05, 0) is 64.2 Å². The Morgan fingerprint density at radius 2 is 0.960 bits per heavy atom. The molecule has 0 spiro atoms. The molecule has 0 aliphatic carbocycles. The molecule has 0 bridgehead atoms. The second-order valence-corrected chi connectivity index (χ2v) is 14.8. The van der Waals surface area contributed by atoms with E-state index < -0.39 is 0 Å². The summed E-state index contributed by atoms with van der Waals surface area (Å²) in [4.78, 5) is 30.8. The molecule has 0 heterocycles. The van der Waals surface area contributed by atoms with Crippen molar-refractivity contribution < 1.29 is 19.2 Å². The van der Waals surface area contributed by atoms with Crippen molar-refractivity contribution in [2.24, 2.45) is 5.92 Å². The number of allylic oxidation sites excluding steroid dienone is 4. The summed E-state index contributed by atoms with van der Waals surface area (Å²) in [5.74, 6) is 0.0525. The number of esters is 1. The predicted octanol–water partition coefficient (Wildman–Crippen LogP) is 14.2. The van der Waals surface area contributed by atoms with Gasteiger partial charge in [0.2, 0.25) is 0 Å². The van der Waals surface area contributed by atoms with E-state index >= 15 is 0 Å². The molecule has 1 atom stereocenters. The maximum Gasteiger partial charge on any atom is 0.325 e. The first kappa shape index (κ1) is 48.4. The smallest absolute Gasteiger partial charge is 0.325 e. The van der Waals surface area contributed by atoms with Gasteiger partial charge in [-0.1, -0.05) is 180 Å². The largest absolute Gasteiger partial charge is 0.465 e. The van der Waals surface area contributed by atoms with Crippen LogP contribution in [0.2, 0.25) is 0 Å². The highest BCUT2D eigenvalue weighted by molar-refractivity contribution is 5.72. The molecule has 294 valence electrons. The second-order valence-electron chi connectivity index (χ2n) is 14.8. The number of hydrogen-bond donors (Lipinski definition) is 0. The number of rotatable bonds is 39. The van der Waals surface area contributed by atoms with Crippen molar-refractivity contribution in [2.75, 3.05) is 19.7 Å². The highest BCUT2D eigenvalue weighted by atomic mass is 16.7. The van der Waals surface area contributed by atoms with Crippen LogP contribution < -0.4 is 0 Å². The summed E-state index contributed by atoms with van der Waals surface area (Å²) in [6, 6.07) is 0. The molecule has 5 heteroatoms. The Morgan fingerprint density at radius 1 is 0.500 bits per heavy atom. The predicted molar refractivity (Wildman–Crippen MR) is 216 cm³/mol. The molecule has 0 N–H and O–H groups in total. The lowest BCUT2D eigenvalue weighted by Crippen LogP contribution is -2.29. The summed E-state index contributed by atoms with van der Waals surface area (Å²) >= 11 is 0. The van der Waals surface area contributed by atoms with Crippen LogP contribution in [0.15, 0.2) is 24.3 Å². The molecule has 5 nitrogen and oxygen atoms in total.